The summed E-state index contributed by atoms with van der Waals surface area (Å²) in [6, 6.07) is 0.577. The maximum atomic E-state index is 12.7. The van der Waals surface area contributed by atoms with Crippen LogP contribution < -0.4 is 0 Å². The monoisotopic (exact) mass is 412 g/mol. The quantitative estimate of drug-likeness (QED) is 0.489. The zero-order chi connectivity index (χ0) is 20.1. The molecule has 0 aromatic carbocycles. The fourth-order valence-corrected chi connectivity index (χ4v) is 6.13. The number of halogens is 2. The van der Waals surface area contributed by atoms with Crippen LogP contribution in [0.2, 0.25) is 0 Å². The molecule has 2 unspecified atom stereocenters. The Bertz CT molecular complexity index is 550. The van der Waals surface area contributed by atoms with Gasteiger partial charge in [0.25, 0.3) is 0 Å². The molecule has 2 fully saturated rings. The molecule has 0 saturated carbocycles. The van der Waals surface area contributed by atoms with E-state index in [-0.39, 0.29) is 5.75 Å². The normalized spacial score (nSPS) is 31.7. The van der Waals surface area contributed by atoms with E-state index in [0.29, 0.717) is 38.4 Å². The van der Waals surface area contributed by atoms with Crippen LogP contribution in [0.4, 0.5) is 8.78 Å². The molecule has 0 aromatic heterocycles. The van der Waals surface area contributed by atoms with E-state index in [1.54, 1.807) is 11.2 Å². The first kappa shape index (κ1) is 23.3. The van der Waals surface area contributed by atoms with E-state index in [1.165, 1.54) is 25.9 Å². The maximum absolute atomic E-state index is 12.7. The average molecular weight is 413 g/mol. The molecule has 2 aliphatic heterocycles. The zero-order valence-electron chi connectivity index (χ0n) is 17.1. The second-order valence-corrected chi connectivity index (χ2v) is 10.8. The molecule has 2 aliphatic rings. The van der Waals surface area contributed by atoms with Gasteiger partial charge < -0.3 is 0 Å². The van der Waals surface area contributed by atoms with E-state index in [9.17, 15) is 17.4 Å². The topological polar surface area (TPSA) is 52.6 Å². The number of piperidine rings is 2. The fraction of sp³-hybridized carbons (Fsp3) is 1.00. The van der Waals surface area contributed by atoms with Gasteiger partial charge in [-0.05, 0) is 0 Å². The predicted octanol–water partition coefficient (Wildman–Crippen LogP) is 4.66. The number of alkyl halides is 2. The Balaban J connectivity index is 1.78. The number of hydrogen-bond donors (Lipinski definition) is 1. The van der Waals surface area contributed by atoms with Crippen molar-refractivity contribution in [1.82, 2.24) is 4.31 Å². The summed E-state index contributed by atoms with van der Waals surface area (Å²) in [5.41, 5.74) is 0. The molecular weight excluding hydrogens is 374 g/mol. The minimum atomic E-state index is -3.07. The summed E-state index contributed by atoms with van der Waals surface area (Å²) >= 11 is 0. The van der Waals surface area contributed by atoms with Crippen molar-refractivity contribution < 1.29 is 26.6 Å². The van der Waals surface area contributed by atoms with Crippen LogP contribution >= 0.6 is 10.2 Å². The molecule has 1 N–H and O–H groups in total. The molecule has 160 valence electrons. The third-order valence-corrected chi connectivity index (χ3v) is 8.65. The Labute approximate surface area is 164 Å². The summed E-state index contributed by atoms with van der Waals surface area (Å²) in [5.74, 6) is 0.943. The summed E-state index contributed by atoms with van der Waals surface area (Å²) in [7, 11) is -0.721. The Kier molecular flexibility index (Phi) is 8.77. The Morgan fingerprint density at radius 3 is 2.33 bits per heavy atom. The van der Waals surface area contributed by atoms with Crippen LogP contribution in [-0.2, 0) is 8.78 Å². The molecule has 27 heavy (non-hydrogen) atoms. The molecule has 0 amide bonds. The summed E-state index contributed by atoms with van der Waals surface area (Å²) in [5, 5.41) is 0. The van der Waals surface area contributed by atoms with Gasteiger partial charge >= 0.3 is 164 Å². The third kappa shape index (κ3) is 6.78. The van der Waals surface area contributed by atoms with Crippen LogP contribution in [0.3, 0.4) is 0 Å². The van der Waals surface area contributed by atoms with Crippen molar-refractivity contribution in [3.63, 3.8) is 0 Å². The van der Waals surface area contributed by atoms with Crippen molar-refractivity contribution in [2.24, 2.45) is 5.92 Å². The van der Waals surface area contributed by atoms with Gasteiger partial charge in [0, 0.05) is 0 Å². The van der Waals surface area contributed by atoms with Crippen molar-refractivity contribution in [3.8, 4) is 0 Å². The SMILES string of the molecule is CCC(CCCS(#[O+])(O)N1CCC([N+]2(C)CCC(C)CC2)CC1)OC(F)F. The van der Waals surface area contributed by atoms with Crippen LogP contribution in [0, 0.1) is 5.92 Å². The number of likely N-dealkylation sites (tertiary alicyclic amines) is 1. The van der Waals surface area contributed by atoms with Crippen LogP contribution in [0.5, 0.6) is 0 Å². The van der Waals surface area contributed by atoms with Crippen molar-refractivity contribution >= 4 is 10.2 Å². The summed E-state index contributed by atoms with van der Waals surface area (Å²) in [6.07, 6.45) is 5.20. The molecule has 8 heteroatoms. The first-order chi connectivity index (χ1) is 12.7. The Morgan fingerprint density at radius 2 is 1.81 bits per heavy atom. The van der Waals surface area contributed by atoms with E-state index >= 15 is 0 Å². The number of rotatable bonds is 7. The van der Waals surface area contributed by atoms with Gasteiger partial charge in [0.2, 0.25) is 0 Å². The molecule has 0 bridgehead atoms. The van der Waals surface area contributed by atoms with E-state index in [4.69, 9.17) is 0 Å². The van der Waals surface area contributed by atoms with E-state index < -0.39 is 23.0 Å². The molecule has 2 rings (SSSR count). The van der Waals surface area contributed by atoms with Crippen LogP contribution in [-0.4, -0.2) is 71.1 Å². The molecule has 0 aliphatic carbocycles. The second kappa shape index (κ2) is 10.2. The summed E-state index contributed by atoms with van der Waals surface area (Å²) in [6.45, 7) is 5.05. The number of ether oxygens (including phenoxy) is 1. The van der Waals surface area contributed by atoms with E-state index in [0.717, 1.165) is 23.2 Å². The molecule has 0 aromatic rings. The molecule has 2 atom stereocenters. The Hall–Kier alpha value is 0.01000. The van der Waals surface area contributed by atoms with Gasteiger partial charge in [-0.15, -0.1) is 0 Å². The zero-order valence-corrected chi connectivity index (χ0v) is 17.9. The van der Waals surface area contributed by atoms with Crippen molar-refractivity contribution in [2.75, 3.05) is 39.0 Å². The van der Waals surface area contributed by atoms with Crippen LogP contribution in [0.1, 0.15) is 58.8 Å². The van der Waals surface area contributed by atoms with Gasteiger partial charge in [-0.1, -0.05) is 0 Å². The molecule has 5 nitrogen and oxygen atoms in total. The first-order valence-corrected chi connectivity index (χ1v) is 12.1. The van der Waals surface area contributed by atoms with Gasteiger partial charge in [0.15, 0.2) is 0 Å². The molecule has 2 heterocycles. The first-order valence-electron chi connectivity index (χ1n) is 10.4. The number of hydrogen-bond acceptors (Lipinski definition) is 3. The van der Waals surface area contributed by atoms with Gasteiger partial charge in [0.05, 0.1) is 0 Å². The van der Waals surface area contributed by atoms with Gasteiger partial charge in [-0.25, -0.2) is 0 Å². The third-order valence-electron chi connectivity index (χ3n) is 6.66. The van der Waals surface area contributed by atoms with E-state index in [2.05, 4.69) is 18.7 Å². The molecule has 2 saturated heterocycles. The van der Waals surface area contributed by atoms with Crippen molar-refractivity contribution in [1.29, 1.82) is 0 Å². The Morgan fingerprint density at radius 1 is 1.22 bits per heavy atom. The molecule has 0 radical (unpaired) electrons. The van der Waals surface area contributed by atoms with Crippen molar-refractivity contribution in [3.05, 3.63) is 0 Å². The summed E-state index contributed by atoms with van der Waals surface area (Å²) in [4.78, 5) is 0. The van der Waals surface area contributed by atoms with Gasteiger partial charge in [-0.3, -0.25) is 0 Å². The standard InChI is InChI=1S/C19H38F2N2O3S/c1-4-18(26-19(20)21)6-5-15-27(24,25)22-11-7-17(8-12-22)23(3)13-9-16(2)10-14-23/h16-19,24H,4-15H2,1-3H3/q+2. The number of nitrogens with zero attached hydrogens (tertiary/aromatic N) is 2. The second-order valence-electron chi connectivity index (χ2n) is 8.65. The number of quaternary nitrogens is 1. The molecular formula is C19H38F2N2O3S+2. The predicted molar refractivity (Wildman–Crippen MR) is 105 cm³/mol. The van der Waals surface area contributed by atoms with E-state index in [1.807, 2.05) is 0 Å². The minimum absolute atomic E-state index is 0.129. The van der Waals surface area contributed by atoms with Gasteiger partial charge in [-0.2, -0.15) is 0 Å². The fourth-order valence-electron chi connectivity index (χ4n) is 4.54. The van der Waals surface area contributed by atoms with Crippen molar-refractivity contribution in [2.45, 2.75) is 77.6 Å². The average Bonchev–Trinajstić information content (AvgIpc) is 2.63. The molecule has 0 spiro atoms. The van der Waals surface area contributed by atoms with Crippen LogP contribution in [0.15, 0.2) is 0 Å². The van der Waals surface area contributed by atoms with Gasteiger partial charge in [0.1, 0.15) is 0 Å². The van der Waals surface area contributed by atoms with Crippen LogP contribution in [0.25, 0.3) is 0 Å². The summed E-state index contributed by atoms with van der Waals surface area (Å²) < 4.78 is 55.2.